The lowest BCUT2D eigenvalue weighted by molar-refractivity contribution is -0.121. The number of hydrogen-bond acceptors (Lipinski definition) is 4. The van der Waals surface area contributed by atoms with E-state index in [-0.39, 0.29) is 17.4 Å². The Kier molecular flexibility index (Phi) is 5.21. The molecule has 1 aliphatic rings. The summed E-state index contributed by atoms with van der Waals surface area (Å²) < 4.78 is 1.58. The zero-order valence-electron chi connectivity index (χ0n) is 16.0. The first-order valence-electron chi connectivity index (χ1n) is 9.66. The lowest BCUT2D eigenvalue weighted by Crippen LogP contribution is -2.38. The summed E-state index contributed by atoms with van der Waals surface area (Å²) in [6.45, 7) is 4.23. The van der Waals surface area contributed by atoms with Crippen molar-refractivity contribution in [3.63, 3.8) is 0 Å². The maximum absolute atomic E-state index is 12.5. The van der Waals surface area contributed by atoms with Gasteiger partial charge in [-0.2, -0.15) is 0 Å². The molecule has 0 saturated carbocycles. The van der Waals surface area contributed by atoms with Crippen LogP contribution in [0.5, 0.6) is 0 Å². The Morgan fingerprint density at radius 1 is 1.14 bits per heavy atom. The summed E-state index contributed by atoms with van der Waals surface area (Å²) in [4.78, 5) is 31.7. The fourth-order valence-electron chi connectivity index (χ4n) is 3.69. The van der Waals surface area contributed by atoms with Crippen LogP contribution in [-0.2, 0) is 11.3 Å². The molecule has 0 spiro atoms. The molecule has 6 heteroatoms. The maximum Gasteiger partial charge on any atom is 0.258 e. The first-order chi connectivity index (χ1) is 13.6. The van der Waals surface area contributed by atoms with Crippen LogP contribution < -0.4 is 10.9 Å². The van der Waals surface area contributed by atoms with E-state index >= 15 is 0 Å². The number of pyridine rings is 1. The molecule has 1 aromatic carbocycles. The lowest BCUT2D eigenvalue weighted by Gasteiger charge is -2.31. The molecular formula is C22H24N4O2. The zero-order chi connectivity index (χ0) is 19.5. The SMILES string of the molecule is Cc1ccc2nc(CN3CCC(C(=O)Nc4ccccc4)CC3)cc(=O)n2c1. The van der Waals surface area contributed by atoms with Crippen LogP contribution in [-0.4, -0.2) is 33.3 Å². The van der Waals surface area contributed by atoms with Crippen molar-refractivity contribution >= 4 is 17.2 Å². The summed E-state index contributed by atoms with van der Waals surface area (Å²) >= 11 is 0. The molecule has 4 rings (SSSR count). The molecule has 0 radical (unpaired) electrons. The Morgan fingerprint density at radius 3 is 2.64 bits per heavy atom. The third-order valence-electron chi connectivity index (χ3n) is 5.25. The number of nitrogens with one attached hydrogen (secondary N) is 1. The predicted octanol–water partition coefficient (Wildman–Crippen LogP) is 2.85. The van der Waals surface area contributed by atoms with E-state index in [2.05, 4.69) is 15.2 Å². The number of carbonyl (C=O) groups excluding carboxylic acids is 1. The van der Waals surface area contributed by atoms with Gasteiger partial charge in [0.15, 0.2) is 0 Å². The number of hydrogen-bond donors (Lipinski definition) is 1. The van der Waals surface area contributed by atoms with E-state index in [9.17, 15) is 9.59 Å². The second-order valence-electron chi connectivity index (χ2n) is 7.43. The minimum absolute atomic E-state index is 0.0228. The van der Waals surface area contributed by atoms with E-state index in [0.29, 0.717) is 12.2 Å². The Bertz CT molecular complexity index is 1040. The predicted molar refractivity (Wildman–Crippen MR) is 109 cm³/mol. The summed E-state index contributed by atoms with van der Waals surface area (Å²) in [5, 5.41) is 2.99. The van der Waals surface area contributed by atoms with Crippen molar-refractivity contribution in [3.8, 4) is 0 Å². The number of fused-ring (bicyclic) bond motifs is 1. The smallest absolute Gasteiger partial charge is 0.258 e. The van der Waals surface area contributed by atoms with Gasteiger partial charge in [0.1, 0.15) is 5.65 Å². The highest BCUT2D eigenvalue weighted by atomic mass is 16.2. The summed E-state index contributed by atoms with van der Waals surface area (Å²) in [5.74, 6) is 0.109. The Labute approximate surface area is 163 Å². The van der Waals surface area contributed by atoms with Gasteiger partial charge in [0.05, 0.1) is 5.69 Å². The molecule has 1 saturated heterocycles. The highest BCUT2D eigenvalue weighted by Crippen LogP contribution is 2.20. The molecule has 1 amide bonds. The van der Waals surface area contributed by atoms with Gasteiger partial charge in [-0.25, -0.2) is 4.98 Å². The van der Waals surface area contributed by atoms with E-state index in [1.807, 2.05) is 55.6 Å². The van der Waals surface area contributed by atoms with E-state index in [4.69, 9.17) is 0 Å². The second kappa shape index (κ2) is 7.94. The van der Waals surface area contributed by atoms with Crippen LogP contribution >= 0.6 is 0 Å². The topological polar surface area (TPSA) is 66.7 Å². The number of anilines is 1. The molecule has 2 aromatic heterocycles. The highest BCUT2D eigenvalue weighted by molar-refractivity contribution is 5.92. The third kappa shape index (κ3) is 4.12. The van der Waals surface area contributed by atoms with Crippen LogP contribution in [0, 0.1) is 12.8 Å². The van der Waals surface area contributed by atoms with E-state index < -0.39 is 0 Å². The van der Waals surface area contributed by atoms with Crippen LogP contribution in [0.25, 0.3) is 5.65 Å². The molecule has 1 fully saturated rings. The van der Waals surface area contributed by atoms with Crippen LogP contribution in [0.2, 0.25) is 0 Å². The van der Waals surface area contributed by atoms with Crippen LogP contribution in [0.4, 0.5) is 5.69 Å². The molecule has 144 valence electrons. The number of amides is 1. The Hall–Kier alpha value is -2.99. The molecule has 0 unspecified atom stereocenters. The number of benzene rings is 1. The summed E-state index contributed by atoms with van der Waals surface area (Å²) in [6.07, 6.45) is 3.43. The number of para-hydroxylation sites is 1. The quantitative estimate of drug-likeness (QED) is 0.760. The van der Waals surface area contributed by atoms with Crippen molar-refractivity contribution in [2.75, 3.05) is 18.4 Å². The summed E-state index contributed by atoms with van der Waals surface area (Å²) in [7, 11) is 0. The van der Waals surface area contributed by atoms with Crippen molar-refractivity contribution in [2.45, 2.75) is 26.3 Å². The molecule has 3 heterocycles. The van der Waals surface area contributed by atoms with Gasteiger partial charge in [-0.05, 0) is 56.6 Å². The molecule has 6 nitrogen and oxygen atoms in total. The molecule has 0 aliphatic carbocycles. The molecule has 1 aliphatic heterocycles. The van der Waals surface area contributed by atoms with Gasteiger partial charge in [-0.3, -0.25) is 18.9 Å². The van der Waals surface area contributed by atoms with Gasteiger partial charge in [-0.15, -0.1) is 0 Å². The zero-order valence-corrected chi connectivity index (χ0v) is 16.0. The molecule has 1 N–H and O–H groups in total. The normalized spacial score (nSPS) is 15.6. The summed E-state index contributed by atoms with van der Waals surface area (Å²) in [5.41, 5.74) is 3.26. The molecule has 0 bridgehead atoms. The standard InChI is InChI=1S/C22H24N4O2/c1-16-7-8-20-23-19(13-21(27)26(20)14-16)15-25-11-9-17(10-12-25)22(28)24-18-5-3-2-4-6-18/h2-8,13-14,17H,9-12,15H2,1H3,(H,24,28). The number of piperidine rings is 1. The fraction of sp³-hybridized carbons (Fsp3) is 0.318. The third-order valence-corrected chi connectivity index (χ3v) is 5.25. The number of rotatable bonds is 4. The average Bonchev–Trinajstić information content (AvgIpc) is 2.70. The second-order valence-corrected chi connectivity index (χ2v) is 7.43. The first-order valence-corrected chi connectivity index (χ1v) is 9.66. The first kappa shape index (κ1) is 18.4. The number of likely N-dealkylation sites (tertiary alicyclic amines) is 1. The van der Waals surface area contributed by atoms with Gasteiger partial charge < -0.3 is 5.32 Å². The molecular weight excluding hydrogens is 352 g/mol. The van der Waals surface area contributed by atoms with Gasteiger partial charge in [0.2, 0.25) is 5.91 Å². The molecule has 28 heavy (non-hydrogen) atoms. The van der Waals surface area contributed by atoms with Crippen LogP contribution in [0.1, 0.15) is 24.1 Å². The minimum atomic E-state index is -0.0548. The summed E-state index contributed by atoms with van der Waals surface area (Å²) in [6, 6.07) is 15.0. The van der Waals surface area contributed by atoms with Gasteiger partial charge in [0.25, 0.3) is 5.56 Å². The molecule has 0 atom stereocenters. The van der Waals surface area contributed by atoms with E-state index in [1.54, 1.807) is 10.5 Å². The van der Waals surface area contributed by atoms with Crippen molar-refractivity contribution in [2.24, 2.45) is 5.92 Å². The van der Waals surface area contributed by atoms with Crippen LogP contribution in [0.3, 0.4) is 0 Å². The Balaban J connectivity index is 1.37. The van der Waals surface area contributed by atoms with Gasteiger partial charge in [0, 0.05) is 30.4 Å². The van der Waals surface area contributed by atoms with E-state index in [0.717, 1.165) is 42.9 Å². The van der Waals surface area contributed by atoms with Crippen molar-refractivity contribution in [1.82, 2.24) is 14.3 Å². The van der Waals surface area contributed by atoms with Crippen molar-refractivity contribution < 1.29 is 4.79 Å². The lowest BCUT2D eigenvalue weighted by atomic mass is 9.95. The average molecular weight is 376 g/mol. The maximum atomic E-state index is 12.5. The van der Waals surface area contributed by atoms with Crippen molar-refractivity contribution in [3.05, 3.63) is 76.3 Å². The van der Waals surface area contributed by atoms with Gasteiger partial charge in [-0.1, -0.05) is 24.3 Å². The Morgan fingerprint density at radius 2 is 1.89 bits per heavy atom. The van der Waals surface area contributed by atoms with Gasteiger partial charge >= 0.3 is 0 Å². The monoisotopic (exact) mass is 376 g/mol. The highest BCUT2D eigenvalue weighted by Gasteiger charge is 2.25. The number of aromatic nitrogens is 2. The van der Waals surface area contributed by atoms with Crippen LogP contribution in [0.15, 0.2) is 59.5 Å². The molecule has 3 aromatic rings. The number of carbonyl (C=O) groups is 1. The minimum Gasteiger partial charge on any atom is -0.326 e. The van der Waals surface area contributed by atoms with E-state index in [1.165, 1.54) is 0 Å². The number of nitrogens with zero attached hydrogens (tertiary/aromatic N) is 3. The van der Waals surface area contributed by atoms with Crippen molar-refractivity contribution in [1.29, 1.82) is 0 Å². The fourth-order valence-corrected chi connectivity index (χ4v) is 3.69. The number of aryl methyl sites for hydroxylation is 1. The largest absolute Gasteiger partial charge is 0.326 e.